The minimum atomic E-state index is 0.390. The summed E-state index contributed by atoms with van der Waals surface area (Å²) in [6.45, 7) is 9.80. The zero-order chi connectivity index (χ0) is 14.1. The SMILES string of the molecule is CC1CCN(c2cnc(C(C)C)nc2CNC2CC2)C1. The summed E-state index contributed by atoms with van der Waals surface area (Å²) in [5.74, 6) is 2.14. The molecule has 4 heteroatoms. The quantitative estimate of drug-likeness (QED) is 0.896. The molecule has 2 aliphatic rings. The van der Waals surface area contributed by atoms with Crippen LogP contribution in [-0.2, 0) is 6.54 Å². The van der Waals surface area contributed by atoms with E-state index in [-0.39, 0.29) is 0 Å². The maximum atomic E-state index is 4.83. The Balaban J connectivity index is 1.81. The first-order valence-electron chi connectivity index (χ1n) is 7.97. The van der Waals surface area contributed by atoms with Crippen LogP contribution in [0, 0.1) is 5.92 Å². The number of hydrogen-bond acceptors (Lipinski definition) is 4. The van der Waals surface area contributed by atoms with Gasteiger partial charge in [0, 0.05) is 31.6 Å². The van der Waals surface area contributed by atoms with Crippen molar-refractivity contribution in [3.8, 4) is 0 Å². The normalized spacial score (nSPS) is 22.8. The first-order chi connectivity index (χ1) is 9.63. The number of aromatic nitrogens is 2. The van der Waals surface area contributed by atoms with E-state index in [1.54, 1.807) is 0 Å². The lowest BCUT2D eigenvalue weighted by atomic mass is 10.2. The average Bonchev–Trinajstić information content (AvgIpc) is 3.17. The second kappa shape index (κ2) is 5.68. The van der Waals surface area contributed by atoms with Gasteiger partial charge in [-0.2, -0.15) is 0 Å². The molecule has 2 heterocycles. The Kier molecular flexibility index (Phi) is 3.92. The smallest absolute Gasteiger partial charge is 0.131 e. The lowest BCUT2D eigenvalue weighted by Crippen LogP contribution is -2.25. The van der Waals surface area contributed by atoms with Crippen molar-refractivity contribution < 1.29 is 0 Å². The molecule has 1 aliphatic heterocycles. The van der Waals surface area contributed by atoms with Gasteiger partial charge in [-0.15, -0.1) is 0 Å². The molecular weight excluding hydrogens is 248 g/mol. The van der Waals surface area contributed by atoms with Gasteiger partial charge in [0.25, 0.3) is 0 Å². The van der Waals surface area contributed by atoms with E-state index in [2.05, 4.69) is 36.0 Å². The highest BCUT2D eigenvalue weighted by molar-refractivity contribution is 5.50. The fourth-order valence-corrected chi connectivity index (χ4v) is 2.78. The van der Waals surface area contributed by atoms with Crippen molar-refractivity contribution in [2.75, 3.05) is 18.0 Å². The van der Waals surface area contributed by atoms with E-state index in [1.165, 1.54) is 30.6 Å². The van der Waals surface area contributed by atoms with Crippen molar-refractivity contribution in [2.24, 2.45) is 5.92 Å². The van der Waals surface area contributed by atoms with E-state index in [1.807, 2.05) is 6.20 Å². The minimum absolute atomic E-state index is 0.390. The van der Waals surface area contributed by atoms with Crippen molar-refractivity contribution >= 4 is 5.69 Å². The molecule has 1 saturated carbocycles. The first-order valence-corrected chi connectivity index (χ1v) is 7.97. The molecule has 1 N–H and O–H groups in total. The van der Waals surface area contributed by atoms with Gasteiger partial charge >= 0.3 is 0 Å². The van der Waals surface area contributed by atoms with Crippen LogP contribution in [0.25, 0.3) is 0 Å². The Morgan fingerprint density at radius 1 is 1.35 bits per heavy atom. The van der Waals surface area contributed by atoms with Crippen LogP contribution in [0.4, 0.5) is 5.69 Å². The van der Waals surface area contributed by atoms with Crippen molar-refractivity contribution in [3.63, 3.8) is 0 Å². The third kappa shape index (κ3) is 3.11. The molecule has 4 nitrogen and oxygen atoms in total. The summed E-state index contributed by atoms with van der Waals surface area (Å²) in [6, 6.07) is 0.720. The third-order valence-electron chi connectivity index (χ3n) is 4.28. The van der Waals surface area contributed by atoms with Crippen LogP contribution in [0.1, 0.15) is 57.5 Å². The number of anilines is 1. The third-order valence-corrected chi connectivity index (χ3v) is 4.28. The molecule has 1 unspecified atom stereocenters. The molecule has 0 bridgehead atoms. The summed E-state index contributed by atoms with van der Waals surface area (Å²) in [7, 11) is 0. The molecule has 0 spiro atoms. The first kappa shape index (κ1) is 13.8. The molecule has 110 valence electrons. The summed E-state index contributed by atoms with van der Waals surface area (Å²) < 4.78 is 0. The second-order valence-corrected chi connectivity index (χ2v) is 6.71. The molecule has 1 aromatic rings. The zero-order valence-electron chi connectivity index (χ0n) is 12.9. The van der Waals surface area contributed by atoms with E-state index >= 15 is 0 Å². The molecule has 0 amide bonds. The molecule has 1 aromatic heterocycles. The lowest BCUT2D eigenvalue weighted by Gasteiger charge is -2.22. The van der Waals surface area contributed by atoms with Gasteiger partial charge in [0.15, 0.2) is 0 Å². The van der Waals surface area contributed by atoms with E-state index in [0.717, 1.165) is 37.4 Å². The van der Waals surface area contributed by atoms with Crippen LogP contribution in [0.3, 0.4) is 0 Å². The van der Waals surface area contributed by atoms with Crippen molar-refractivity contribution in [1.82, 2.24) is 15.3 Å². The van der Waals surface area contributed by atoms with Gasteiger partial charge < -0.3 is 10.2 Å². The van der Waals surface area contributed by atoms with E-state index < -0.39 is 0 Å². The summed E-state index contributed by atoms with van der Waals surface area (Å²) in [5.41, 5.74) is 2.43. The Labute approximate surface area is 122 Å². The van der Waals surface area contributed by atoms with Crippen LogP contribution in [0.2, 0.25) is 0 Å². The van der Waals surface area contributed by atoms with E-state index in [0.29, 0.717) is 5.92 Å². The van der Waals surface area contributed by atoms with Gasteiger partial charge in [-0.05, 0) is 25.2 Å². The van der Waals surface area contributed by atoms with Crippen molar-refractivity contribution in [3.05, 3.63) is 17.7 Å². The fourth-order valence-electron chi connectivity index (χ4n) is 2.78. The molecule has 2 fully saturated rings. The van der Waals surface area contributed by atoms with E-state index in [9.17, 15) is 0 Å². The van der Waals surface area contributed by atoms with Crippen molar-refractivity contribution in [2.45, 2.75) is 58.5 Å². The van der Waals surface area contributed by atoms with Crippen molar-refractivity contribution in [1.29, 1.82) is 0 Å². The van der Waals surface area contributed by atoms with Crippen LogP contribution in [-0.4, -0.2) is 29.1 Å². The Hall–Kier alpha value is -1.16. The molecule has 0 aromatic carbocycles. The van der Waals surface area contributed by atoms with Gasteiger partial charge in [0.05, 0.1) is 17.6 Å². The largest absolute Gasteiger partial charge is 0.368 e. The lowest BCUT2D eigenvalue weighted by molar-refractivity contribution is 0.649. The van der Waals surface area contributed by atoms with Gasteiger partial charge in [0.1, 0.15) is 5.82 Å². The van der Waals surface area contributed by atoms with Gasteiger partial charge in [-0.3, -0.25) is 0 Å². The monoisotopic (exact) mass is 274 g/mol. The average molecular weight is 274 g/mol. The zero-order valence-corrected chi connectivity index (χ0v) is 12.9. The van der Waals surface area contributed by atoms with Crippen LogP contribution < -0.4 is 10.2 Å². The highest BCUT2D eigenvalue weighted by Crippen LogP contribution is 2.27. The summed E-state index contributed by atoms with van der Waals surface area (Å²) >= 11 is 0. The number of nitrogens with one attached hydrogen (secondary N) is 1. The van der Waals surface area contributed by atoms with Crippen LogP contribution in [0.5, 0.6) is 0 Å². The van der Waals surface area contributed by atoms with Crippen LogP contribution in [0.15, 0.2) is 6.20 Å². The van der Waals surface area contributed by atoms with Gasteiger partial charge in [-0.25, -0.2) is 9.97 Å². The van der Waals surface area contributed by atoms with Crippen LogP contribution >= 0.6 is 0 Å². The molecule has 0 radical (unpaired) electrons. The molecule has 1 aliphatic carbocycles. The summed E-state index contributed by atoms with van der Waals surface area (Å²) in [6.07, 6.45) is 5.96. The number of hydrogen-bond donors (Lipinski definition) is 1. The number of rotatable bonds is 5. The predicted octanol–water partition coefficient (Wildman–Crippen LogP) is 2.70. The predicted molar refractivity (Wildman–Crippen MR) is 82.0 cm³/mol. The molecule has 3 rings (SSSR count). The van der Waals surface area contributed by atoms with Gasteiger partial charge in [0.2, 0.25) is 0 Å². The Morgan fingerprint density at radius 3 is 2.75 bits per heavy atom. The highest BCUT2D eigenvalue weighted by Gasteiger charge is 2.25. The molecule has 1 atom stereocenters. The maximum Gasteiger partial charge on any atom is 0.131 e. The highest BCUT2D eigenvalue weighted by atomic mass is 15.2. The second-order valence-electron chi connectivity index (χ2n) is 6.71. The van der Waals surface area contributed by atoms with E-state index in [4.69, 9.17) is 4.98 Å². The fraction of sp³-hybridized carbons (Fsp3) is 0.750. The standard InChI is InChI=1S/C16H26N4/c1-11(2)16-18-9-15(20-7-6-12(3)10-20)14(19-16)8-17-13-4-5-13/h9,11-13,17H,4-8,10H2,1-3H3. The summed E-state index contributed by atoms with van der Waals surface area (Å²) in [4.78, 5) is 11.9. The maximum absolute atomic E-state index is 4.83. The Morgan fingerprint density at radius 2 is 2.15 bits per heavy atom. The topological polar surface area (TPSA) is 41.1 Å². The summed E-state index contributed by atoms with van der Waals surface area (Å²) in [5, 5.41) is 3.60. The number of nitrogens with zero attached hydrogens (tertiary/aromatic N) is 3. The molecule has 1 saturated heterocycles. The molecule has 20 heavy (non-hydrogen) atoms. The minimum Gasteiger partial charge on any atom is -0.368 e. The Bertz CT molecular complexity index is 468. The molecular formula is C16H26N4. The van der Waals surface area contributed by atoms with Gasteiger partial charge in [-0.1, -0.05) is 20.8 Å².